The van der Waals surface area contributed by atoms with E-state index in [-0.39, 0.29) is 56.9 Å². The summed E-state index contributed by atoms with van der Waals surface area (Å²) in [7, 11) is 0. The minimum atomic E-state index is -4.69. The van der Waals surface area contributed by atoms with Gasteiger partial charge in [-0.25, -0.2) is 34.4 Å². The zero-order valence-electron chi connectivity index (χ0n) is 25.5. The van der Waals surface area contributed by atoms with Crippen molar-refractivity contribution in [2.45, 2.75) is 45.9 Å². The number of aromatic amines is 1. The predicted molar refractivity (Wildman–Crippen MR) is 164 cm³/mol. The van der Waals surface area contributed by atoms with Gasteiger partial charge < -0.3 is 24.1 Å². The van der Waals surface area contributed by atoms with E-state index in [1.807, 2.05) is 13.8 Å². The Hall–Kier alpha value is -5.00. The first-order valence-electron chi connectivity index (χ1n) is 14.6. The number of hydrogen-bond donors (Lipinski definition) is 3. The highest BCUT2D eigenvalue weighted by atomic mass is 32.1. The number of alkyl halides is 3. The van der Waals surface area contributed by atoms with E-state index >= 15 is 0 Å². The zero-order valence-corrected chi connectivity index (χ0v) is 26.3. The van der Waals surface area contributed by atoms with Crippen LogP contribution in [-0.4, -0.2) is 74.5 Å². The minimum Gasteiger partial charge on any atom is -0.474 e. The summed E-state index contributed by atoms with van der Waals surface area (Å²) in [4.78, 5) is 50.6. The molecule has 0 aromatic carbocycles. The van der Waals surface area contributed by atoms with Gasteiger partial charge in [0.25, 0.3) is 5.89 Å². The van der Waals surface area contributed by atoms with Gasteiger partial charge >= 0.3 is 24.1 Å². The van der Waals surface area contributed by atoms with Crippen molar-refractivity contribution >= 4 is 29.3 Å². The number of nitrogens with one attached hydrogen (secondary N) is 3. The van der Waals surface area contributed by atoms with Gasteiger partial charge in [-0.2, -0.15) is 13.2 Å². The third-order valence-electron chi connectivity index (χ3n) is 6.85. The Morgan fingerprint density at radius 3 is 2.55 bits per heavy atom. The number of likely N-dealkylation sites (tertiary alicyclic amines) is 1. The Kier molecular flexibility index (Phi) is 10.1. The van der Waals surface area contributed by atoms with Gasteiger partial charge in [0.05, 0.1) is 12.2 Å². The number of amides is 3. The molecule has 0 bridgehead atoms. The highest BCUT2D eigenvalue weighted by Crippen LogP contribution is 2.42. The lowest BCUT2D eigenvalue weighted by molar-refractivity contribution is -0.140. The van der Waals surface area contributed by atoms with Crippen LogP contribution in [0.3, 0.4) is 0 Å². The normalized spacial score (nSPS) is 13.9. The number of hydrogen-bond acceptors (Lipinski definition) is 11. The van der Waals surface area contributed by atoms with E-state index in [0.717, 1.165) is 16.7 Å². The Morgan fingerprint density at radius 1 is 1.15 bits per heavy atom. The molecule has 0 unspecified atom stereocenters. The molecule has 1 aliphatic heterocycles. The highest BCUT2D eigenvalue weighted by Gasteiger charge is 2.34. The van der Waals surface area contributed by atoms with Crippen LogP contribution in [0.25, 0.3) is 33.2 Å². The van der Waals surface area contributed by atoms with Crippen LogP contribution in [0.15, 0.2) is 39.1 Å². The van der Waals surface area contributed by atoms with Crippen LogP contribution in [0.4, 0.5) is 28.6 Å². The molecule has 5 heterocycles. The molecular formula is C29H31F3N8O6S. The fraction of sp³-hybridized carbons (Fsp3) is 0.414. The van der Waals surface area contributed by atoms with E-state index in [4.69, 9.17) is 13.9 Å². The maximum absolute atomic E-state index is 13.6. The number of thiazole rings is 1. The molecule has 0 spiro atoms. The number of urea groups is 1. The topological polar surface area (TPSA) is 177 Å². The van der Waals surface area contributed by atoms with Gasteiger partial charge in [-0.05, 0) is 25.0 Å². The van der Waals surface area contributed by atoms with Crippen molar-refractivity contribution in [3.63, 3.8) is 0 Å². The number of aromatic nitrogens is 5. The van der Waals surface area contributed by atoms with Crippen LogP contribution in [0.1, 0.15) is 39.3 Å². The molecule has 47 heavy (non-hydrogen) atoms. The van der Waals surface area contributed by atoms with Crippen molar-refractivity contribution in [3.05, 3.63) is 46.2 Å². The summed E-state index contributed by atoms with van der Waals surface area (Å²) in [6, 6.07) is 2.39. The van der Waals surface area contributed by atoms with Crippen LogP contribution in [0, 0.1) is 5.92 Å². The smallest absolute Gasteiger partial charge is 0.434 e. The van der Waals surface area contributed by atoms with Crippen LogP contribution >= 0.6 is 11.3 Å². The lowest BCUT2D eigenvalue weighted by Crippen LogP contribution is -2.42. The molecule has 1 saturated heterocycles. The van der Waals surface area contributed by atoms with E-state index in [9.17, 15) is 27.6 Å². The van der Waals surface area contributed by atoms with Crippen LogP contribution < -0.4 is 21.1 Å². The molecule has 1 aliphatic rings. The maximum atomic E-state index is 13.6. The lowest BCUT2D eigenvalue weighted by atomic mass is 10.0. The monoisotopic (exact) mass is 676 g/mol. The molecule has 3 amide bonds. The summed E-state index contributed by atoms with van der Waals surface area (Å²) in [5, 5.41) is 12.0. The van der Waals surface area contributed by atoms with Gasteiger partial charge in [0.1, 0.15) is 16.9 Å². The van der Waals surface area contributed by atoms with Crippen molar-refractivity contribution in [1.29, 1.82) is 0 Å². The summed E-state index contributed by atoms with van der Waals surface area (Å²) in [6.07, 6.45) is -1.83. The molecule has 3 N–H and O–H groups in total. The van der Waals surface area contributed by atoms with Crippen LogP contribution in [0.2, 0.25) is 0 Å². The second-order valence-electron chi connectivity index (χ2n) is 10.9. The number of carbonyl (C=O) groups excluding carboxylic acids is 2. The van der Waals surface area contributed by atoms with Crippen LogP contribution in [0.5, 0.6) is 5.88 Å². The molecule has 0 aliphatic carbocycles. The molecule has 4 aromatic heterocycles. The van der Waals surface area contributed by atoms with Crippen molar-refractivity contribution in [1.82, 2.24) is 35.4 Å². The summed E-state index contributed by atoms with van der Waals surface area (Å²) in [6.45, 7) is 7.00. The quantitative estimate of drug-likeness (QED) is 0.208. The van der Waals surface area contributed by atoms with E-state index < -0.39 is 29.8 Å². The summed E-state index contributed by atoms with van der Waals surface area (Å²) < 4.78 is 57.4. The molecule has 4 aromatic rings. The van der Waals surface area contributed by atoms with Gasteiger partial charge in [-0.15, -0.1) is 16.4 Å². The Labute approximate surface area is 269 Å². The first-order chi connectivity index (χ1) is 22.4. The average molecular weight is 677 g/mol. The average Bonchev–Trinajstić information content (AvgIpc) is 3.71. The summed E-state index contributed by atoms with van der Waals surface area (Å²) in [5.74, 6) is -0.524. The SMILES string of the molecule is CCNC(=O)Nc1cc(-c2nc(C(F)(F)F)cs2)c(-c2cc(-c3n[nH]c(=O)o3)cnc2OC2CCN(C(=O)OCC(C)C)CC2)cn1. The zero-order chi connectivity index (χ0) is 33.7. The number of piperidine rings is 1. The van der Waals surface area contributed by atoms with Crippen molar-refractivity contribution in [2.75, 3.05) is 31.6 Å². The Balaban J connectivity index is 1.53. The summed E-state index contributed by atoms with van der Waals surface area (Å²) >= 11 is 0.755. The number of nitrogens with zero attached hydrogens (tertiary/aromatic N) is 5. The van der Waals surface area contributed by atoms with Crippen LogP contribution in [-0.2, 0) is 10.9 Å². The molecular weight excluding hydrogens is 645 g/mol. The molecule has 18 heteroatoms. The highest BCUT2D eigenvalue weighted by molar-refractivity contribution is 7.13. The van der Waals surface area contributed by atoms with Gasteiger partial charge in [0, 0.05) is 66.9 Å². The third-order valence-corrected chi connectivity index (χ3v) is 7.73. The molecule has 1 fully saturated rings. The van der Waals surface area contributed by atoms with Crippen molar-refractivity contribution < 1.29 is 36.7 Å². The molecule has 250 valence electrons. The second-order valence-corrected chi connectivity index (χ2v) is 11.8. The number of anilines is 1. The van der Waals surface area contributed by atoms with Gasteiger partial charge in [0.2, 0.25) is 5.88 Å². The predicted octanol–water partition coefficient (Wildman–Crippen LogP) is 5.41. The number of rotatable bonds is 9. The molecule has 0 saturated carbocycles. The minimum absolute atomic E-state index is 0.00968. The molecule has 5 rings (SSSR count). The van der Waals surface area contributed by atoms with E-state index in [2.05, 4.69) is 35.8 Å². The van der Waals surface area contributed by atoms with Crippen molar-refractivity contribution in [2.24, 2.45) is 5.92 Å². The first kappa shape index (κ1) is 33.4. The first-order valence-corrected chi connectivity index (χ1v) is 15.5. The van der Waals surface area contributed by atoms with E-state index in [0.29, 0.717) is 39.1 Å². The van der Waals surface area contributed by atoms with Gasteiger partial charge in [-0.3, -0.25) is 5.32 Å². The fourth-order valence-electron chi connectivity index (χ4n) is 4.62. The lowest BCUT2D eigenvalue weighted by Gasteiger charge is -2.31. The van der Waals surface area contributed by atoms with Gasteiger partial charge in [0.15, 0.2) is 5.69 Å². The standard InChI is InChI=1S/C29H31F3N8O6S/c1-4-33-26(41)37-22-10-19(25-36-21(14-47-25)29(30,31)32)20(12-34-22)18-9-16(23-38-39-27(42)46-23)11-35-24(18)45-17-5-7-40(8-6-17)28(43)44-13-15(2)3/h9-12,14-15,17H,4-8,13H2,1-3H3,(H,39,42)(H2,33,34,37,41). The molecule has 14 nitrogen and oxygen atoms in total. The largest absolute Gasteiger partial charge is 0.474 e. The van der Waals surface area contributed by atoms with E-state index in [1.165, 1.54) is 18.5 Å². The third kappa shape index (κ3) is 8.24. The van der Waals surface area contributed by atoms with Crippen molar-refractivity contribution in [3.8, 4) is 39.0 Å². The molecule has 0 atom stereocenters. The Bertz CT molecular complexity index is 1780. The summed E-state index contributed by atoms with van der Waals surface area (Å²) in [5.41, 5.74) is -0.0747. The number of H-pyrrole nitrogens is 1. The van der Waals surface area contributed by atoms with Gasteiger partial charge in [-0.1, -0.05) is 13.8 Å². The van der Waals surface area contributed by atoms with E-state index in [1.54, 1.807) is 17.9 Å². The molecule has 0 radical (unpaired) electrons. The number of pyridine rings is 2. The maximum Gasteiger partial charge on any atom is 0.434 e. The number of ether oxygens (including phenoxy) is 2. The number of carbonyl (C=O) groups is 2. The second kappa shape index (κ2) is 14.2. The number of halogens is 3. The Morgan fingerprint density at radius 2 is 1.91 bits per heavy atom. The fourth-order valence-corrected chi connectivity index (χ4v) is 5.47.